The quantitative estimate of drug-likeness (QED) is 0.457. The first kappa shape index (κ1) is 17.9. The zero-order valence-corrected chi connectivity index (χ0v) is 15.6. The van der Waals surface area contributed by atoms with Gasteiger partial charge in [-0.3, -0.25) is 10.1 Å². The molecule has 4 nitrogen and oxygen atoms in total. The van der Waals surface area contributed by atoms with E-state index in [1.165, 1.54) is 22.3 Å². The maximum Gasteiger partial charge on any atom is 0.321 e. The van der Waals surface area contributed by atoms with E-state index < -0.39 is 12.0 Å². The van der Waals surface area contributed by atoms with Crippen LogP contribution in [0.1, 0.15) is 21.9 Å². The van der Waals surface area contributed by atoms with Gasteiger partial charge in [0.25, 0.3) is 0 Å². The van der Waals surface area contributed by atoms with Crippen molar-refractivity contribution in [1.82, 2.24) is 5.32 Å². The average molecular weight is 379 g/mol. The van der Waals surface area contributed by atoms with Gasteiger partial charge in [-0.25, -0.2) is 0 Å². The van der Waals surface area contributed by atoms with Gasteiger partial charge in [0.1, 0.15) is 6.04 Å². The van der Waals surface area contributed by atoms with Gasteiger partial charge in [0.2, 0.25) is 0 Å². The predicted octanol–water partition coefficient (Wildman–Crippen LogP) is 4.12. The van der Waals surface area contributed by atoms with Gasteiger partial charge in [-0.2, -0.15) is 0 Å². The summed E-state index contributed by atoms with van der Waals surface area (Å²) in [5.74, 6) is -0.677. The number of carbonyl (C=O) groups is 1. The van der Waals surface area contributed by atoms with Crippen molar-refractivity contribution in [3.05, 3.63) is 82.0 Å². The highest BCUT2D eigenvalue weighted by atomic mass is 32.1. The van der Waals surface area contributed by atoms with Crippen LogP contribution in [0.4, 0.5) is 0 Å². The van der Waals surface area contributed by atoms with Crippen LogP contribution in [0.15, 0.2) is 66.0 Å². The number of hydrogen-bond donors (Lipinski definition) is 2. The summed E-state index contributed by atoms with van der Waals surface area (Å²) in [5.41, 5.74) is 5.06. The van der Waals surface area contributed by atoms with E-state index in [0.29, 0.717) is 13.0 Å². The molecule has 5 heteroatoms. The molecule has 27 heavy (non-hydrogen) atoms. The smallest absolute Gasteiger partial charge is 0.321 e. The van der Waals surface area contributed by atoms with Crippen LogP contribution in [0, 0.1) is 0 Å². The van der Waals surface area contributed by atoms with Crippen molar-refractivity contribution in [1.29, 1.82) is 0 Å². The number of nitrogens with one attached hydrogen (secondary N) is 1. The molecule has 0 amide bonds. The lowest BCUT2D eigenvalue weighted by Gasteiger charge is -2.17. The monoisotopic (exact) mass is 379 g/mol. The van der Waals surface area contributed by atoms with Crippen molar-refractivity contribution >= 4 is 17.3 Å². The summed E-state index contributed by atoms with van der Waals surface area (Å²) in [6.45, 7) is 0.732. The Bertz CT molecular complexity index is 877. The minimum atomic E-state index is -0.858. The van der Waals surface area contributed by atoms with Crippen LogP contribution in [0.2, 0.25) is 0 Å². The molecule has 138 valence electrons. The number of fused-ring (bicyclic) bond motifs is 3. The van der Waals surface area contributed by atoms with Crippen LogP contribution in [0.3, 0.4) is 0 Å². The Morgan fingerprint density at radius 3 is 2.30 bits per heavy atom. The Morgan fingerprint density at radius 1 is 1.04 bits per heavy atom. The minimum absolute atomic E-state index is 0.180. The van der Waals surface area contributed by atoms with Crippen molar-refractivity contribution < 1.29 is 14.6 Å². The van der Waals surface area contributed by atoms with E-state index >= 15 is 0 Å². The molecule has 0 aliphatic heterocycles. The molecule has 1 atom stereocenters. The van der Waals surface area contributed by atoms with Gasteiger partial charge in [0.15, 0.2) is 0 Å². The largest absolute Gasteiger partial charge is 0.480 e. The van der Waals surface area contributed by atoms with Gasteiger partial charge < -0.3 is 9.84 Å². The van der Waals surface area contributed by atoms with Crippen molar-refractivity contribution in [3.63, 3.8) is 0 Å². The van der Waals surface area contributed by atoms with E-state index in [9.17, 15) is 9.90 Å². The minimum Gasteiger partial charge on any atom is -0.480 e. The molecule has 1 aliphatic rings. The zero-order chi connectivity index (χ0) is 18.6. The van der Waals surface area contributed by atoms with E-state index in [0.717, 1.165) is 4.88 Å². The van der Waals surface area contributed by atoms with Crippen molar-refractivity contribution in [2.75, 3.05) is 13.3 Å². The van der Waals surface area contributed by atoms with Gasteiger partial charge in [0.05, 0.1) is 13.3 Å². The van der Waals surface area contributed by atoms with Crippen LogP contribution in [0.5, 0.6) is 0 Å². The summed E-state index contributed by atoms with van der Waals surface area (Å²) in [6.07, 6.45) is 0.464. The Labute approximate surface area is 162 Å². The SMILES string of the molecule is O=C(O)C(Cc1cccs1)NCOCC1c2ccccc2-c2ccccc21. The number of hydrogen-bond acceptors (Lipinski definition) is 4. The van der Waals surface area contributed by atoms with E-state index in [-0.39, 0.29) is 12.6 Å². The second kappa shape index (κ2) is 8.05. The molecule has 2 aromatic carbocycles. The Hall–Kier alpha value is -2.47. The lowest BCUT2D eigenvalue weighted by molar-refractivity contribution is -0.140. The maximum absolute atomic E-state index is 11.5. The van der Waals surface area contributed by atoms with Crippen LogP contribution in [0.25, 0.3) is 11.1 Å². The number of carboxylic acids is 1. The van der Waals surface area contributed by atoms with E-state index in [1.807, 2.05) is 17.5 Å². The number of aliphatic carboxylic acids is 1. The number of rotatable bonds is 8. The molecule has 0 bridgehead atoms. The van der Waals surface area contributed by atoms with Crippen LogP contribution >= 0.6 is 11.3 Å². The van der Waals surface area contributed by atoms with Gasteiger partial charge in [-0.1, -0.05) is 54.6 Å². The molecule has 1 aromatic heterocycles. The first-order valence-electron chi connectivity index (χ1n) is 8.98. The summed E-state index contributed by atoms with van der Waals surface area (Å²) >= 11 is 1.57. The van der Waals surface area contributed by atoms with E-state index in [1.54, 1.807) is 11.3 Å². The molecule has 0 spiro atoms. The topological polar surface area (TPSA) is 58.6 Å². The molecule has 1 unspecified atom stereocenters. The number of ether oxygens (including phenoxy) is 1. The lowest BCUT2D eigenvalue weighted by atomic mass is 9.98. The molecular weight excluding hydrogens is 358 g/mol. The molecule has 2 N–H and O–H groups in total. The Morgan fingerprint density at radius 2 is 1.70 bits per heavy atom. The molecule has 0 saturated heterocycles. The number of thiophene rings is 1. The molecular formula is C22H21NO3S. The second-order valence-electron chi connectivity index (χ2n) is 6.62. The first-order chi connectivity index (χ1) is 13.2. The predicted molar refractivity (Wildman–Crippen MR) is 107 cm³/mol. The fourth-order valence-corrected chi connectivity index (χ4v) is 4.40. The number of benzene rings is 2. The van der Waals surface area contributed by atoms with Gasteiger partial charge in [0, 0.05) is 17.2 Å². The highest BCUT2D eigenvalue weighted by Gasteiger charge is 2.28. The van der Waals surface area contributed by atoms with E-state index in [2.05, 4.69) is 53.8 Å². The fraction of sp³-hybridized carbons (Fsp3) is 0.227. The van der Waals surface area contributed by atoms with Gasteiger partial charge in [-0.05, 0) is 33.7 Å². The van der Waals surface area contributed by atoms with Crippen molar-refractivity contribution in [3.8, 4) is 11.1 Å². The highest BCUT2D eigenvalue weighted by Crippen LogP contribution is 2.44. The van der Waals surface area contributed by atoms with Crippen LogP contribution in [-0.4, -0.2) is 30.5 Å². The lowest BCUT2D eigenvalue weighted by Crippen LogP contribution is -2.39. The molecule has 0 saturated carbocycles. The first-order valence-corrected chi connectivity index (χ1v) is 9.86. The molecule has 4 rings (SSSR count). The Balaban J connectivity index is 1.38. The summed E-state index contributed by atoms with van der Waals surface area (Å²) in [5, 5.41) is 14.4. The third-order valence-corrected chi connectivity index (χ3v) is 5.86. The third-order valence-electron chi connectivity index (χ3n) is 4.96. The fourth-order valence-electron chi connectivity index (χ4n) is 3.65. The number of carboxylic acid groups (broad SMARTS) is 1. The van der Waals surface area contributed by atoms with Crippen molar-refractivity contribution in [2.45, 2.75) is 18.4 Å². The molecule has 0 radical (unpaired) electrons. The molecule has 1 heterocycles. The standard InChI is InChI=1S/C22H21NO3S/c24-22(25)21(12-15-6-5-11-27-15)23-14-26-13-20-18-9-3-1-7-16(18)17-8-2-4-10-19(17)20/h1-11,20-21,23H,12-14H2,(H,24,25). The summed E-state index contributed by atoms with van der Waals surface area (Å²) in [7, 11) is 0. The highest BCUT2D eigenvalue weighted by molar-refractivity contribution is 7.09. The van der Waals surface area contributed by atoms with E-state index in [4.69, 9.17) is 4.74 Å². The summed E-state index contributed by atoms with van der Waals surface area (Å²) in [6, 6.07) is 20.1. The maximum atomic E-state index is 11.5. The summed E-state index contributed by atoms with van der Waals surface area (Å²) in [4.78, 5) is 12.5. The normalized spacial score (nSPS) is 13.9. The molecule has 0 fully saturated rings. The van der Waals surface area contributed by atoms with Gasteiger partial charge in [-0.15, -0.1) is 11.3 Å². The van der Waals surface area contributed by atoms with Crippen LogP contribution < -0.4 is 5.32 Å². The second-order valence-corrected chi connectivity index (χ2v) is 7.65. The summed E-state index contributed by atoms with van der Waals surface area (Å²) < 4.78 is 5.86. The van der Waals surface area contributed by atoms with Crippen LogP contribution in [-0.2, 0) is 16.0 Å². The van der Waals surface area contributed by atoms with Crippen molar-refractivity contribution in [2.24, 2.45) is 0 Å². The Kier molecular flexibility index (Phi) is 5.34. The van der Waals surface area contributed by atoms with Gasteiger partial charge >= 0.3 is 5.97 Å². The average Bonchev–Trinajstić information content (AvgIpc) is 3.30. The third kappa shape index (κ3) is 3.81. The zero-order valence-electron chi connectivity index (χ0n) is 14.8. The molecule has 1 aliphatic carbocycles. The molecule has 3 aromatic rings.